The maximum absolute atomic E-state index is 4.49. The van der Waals surface area contributed by atoms with E-state index in [1.807, 2.05) is 0 Å². The summed E-state index contributed by atoms with van der Waals surface area (Å²) in [4.78, 5) is 0. The summed E-state index contributed by atoms with van der Waals surface area (Å²) >= 11 is 4.49. The van der Waals surface area contributed by atoms with Crippen LogP contribution in [0.3, 0.4) is 0 Å². The third kappa shape index (κ3) is 2.61. The highest BCUT2D eigenvalue weighted by Crippen LogP contribution is 2.51. The van der Waals surface area contributed by atoms with Crippen LogP contribution in [0.25, 0.3) is 0 Å². The molecule has 0 atom stereocenters. The van der Waals surface area contributed by atoms with Gasteiger partial charge in [-0.15, -0.1) is 0 Å². The van der Waals surface area contributed by atoms with E-state index in [0.717, 1.165) is 0 Å². The fourth-order valence-corrected chi connectivity index (χ4v) is 1.82. The summed E-state index contributed by atoms with van der Waals surface area (Å²) < 4.78 is 0.241. The van der Waals surface area contributed by atoms with Crippen molar-refractivity contribution in [3.05, 3.63) is 0 Å². The van der Waals surface area contributed by atoms with E-state index < -0.39 is 0 Å². The normalized spacial score (nSPS) is 24.0. The summed E-state index contributed by atoms with van der Waals surface area (Å²) in [5, 5.41) is 0. The lowest BCUT2D eigenvalue weighted by Crippen LogP contribution is -2.15. The summed E-state index contributed by atoms with van der Waals surface area (Å²) in [6.07, 6.45) is 4.09. The van der Waals surface area contributed by atoms with Crippen molar-refractivity contribution < 1.29 is 0 Å². The highest BCUT2D eigenvalue weighted by atomic mass is 32.1. The minimum atomic E-state index is 0.241. The Bertz CT molecular complexity index is 103. The Morgan fingerprint density at radius 1 is 1.44 bits per heavy atom. The van der Waals surface area contributed by atoms with Crippen LogP contribution in [0.5, 0.6) is 0 Å². The van der Waals surface area contributed by atoms with Crippen molar-refractivity contribution in [2.24, 2.45) is 5.41 Å². The van der Waals surface area contributed by atoms with Gasteiger partial charge in [-0.05, 0) is 24.7 Å². The topological polar surface area (TPSA) is 0 Å². The first-order valence-electron chi connectivity index (χ1n) is 3.64. The van der Waals surface area contributed by atoms with Crippen molar-refractivity contribution in [1.82, 2.24) is 0 Å². The largest absolute Gasteiger partial charge is 0.173 e. The van der Waals surface area contributed by atoms with Gasteiger partial charge in [0.15, 0.2) is 0 Å². The highest BCUT2D eigenvalue weighted by Gasteiger charge is 2.40. The molecule has 1 aliphatic carbocycles. The van der Waals surface area contributed by atoms with Crippen molar-refractivity contribution in [1.29, 1.82) is 0 Å². The van der Waals surface area contributed by atoms with Gasteiger partial charge in [0, 0.05) is 4.75 Å². The minimum Gasteiger partial charge on any atom is -0.173 e. The van der Waals surface area contributed by atoms with Gasteiger partial charge in [0.2, 0.25) is 0 Å². The Labute approximate surface area is 63.4 Å². The third-order valence-electron chi connectivity index (χ3n) is 1.96. The Kier molecular flexibility index (Phi) is 1.59. The van der Waals surface area contributed by atoms with Crippen molar-refractivity contribution >= 4 is 12.6 Å². The number of rotatable bonds is 2. The number of hydrogen-bond acceptors (Lipinski definition) is 1. The predicted molar refractivity (Wildman–Crippen MR) is 45.0 cm³/mol. The molecule has 0 N–H and O–H groups in total. The van der Waals surface area contributed by atoms with E-state index in [1.165, 1.54) is 19.3 Å². The van der Waals surface area contributed by atoms with Crippen LogP contribution < -0.4 is 0 Å². The van der Waals surface area contributed by atoms with Crippen molar-refractivity contribution in [3.63, 3.8) is 0 Å². The molecule has 1 heteroatoms. The quantitative estimate of drug-likeness (QED) is 0.566. The third-order valence-corrected chi connectivity index (χ3v) is 2.12. The Balaban J connectivity index is 2.33. The van der Waals surface area contributed by atoms with Gasteiger partial charge >= 0.3 is 0 Å². The molecule has 1 aliphatic rings. The van der Waals surface area contributed by atoms with Gasteiger partial charge in [0.25, 0.3) is 0 Å². The highest BCUT2D eigenvalue weighted by molar-refractivity contribution is 7.81. The van der Waals surface area contributed by atoms with Gasteiger partial charge in [-0.25, -0.2) is 0 Å². The molecule has 0 aliphatic heterocycles. The van der Waals surface area contributed by atoms with E-state index in [4.69, 9.17) is 0 Å². The predicted octanol–water partition coefficient (Wildman–Crippen LogP) is 2.89. The molecule has 0 nitrogen and oxygen atoms in total. The van der Waals surface area contributed by atoms with Crippen LogP contribution in [-0.4, -0.2) is 4.75 Å². The molecule has 0 radical (unpaired) electrons. The molecule has 1 saturated carbocycles. The molecule has 0 aromatic rings. The van der Waals surface area contributed by atoms with E-state index in [1.54, 1.807) is 0 Å². The molecule has 0 saturated heterocycles. The molecule has 0 amide bonds. The maximum Gasteiger partial charge on any atom is 0.00783 e. The molecule has 0 unspecified atom stereocenters. The average Bonchev–Trinajstić information content (AvgIpc) is 2.12. The zero-order chi connectivity index (χ0) is 7.12. The first kappa shape index (κ1) is 7.46. The molecule has 54 valence electrons. The first-order valence-corrected chi connectivity index (χ1v) is 4.09. The number of thiol groups is 1. The fourth-order valence-electron chi connectivity index (χ4n) is 1.43. The molecule has 0 aromatic carbocycles. The van der Waals surface area contributed by atoms with Gasteiger partial charge in [0.1, 0.15) is 0 Å². The van der Waals surface area contributed by atoms with Crippen LogP contribution in [0, 0.1) is 5.41 Å². The Hall–Kier alpha value is 0.350. The van der Waals surface area contributed by atoms with Gasteiger partial charge in [-0.2, -0.15) is 12.6 Å². The summed E-state index contributed by atoms with van der Waals surface area (Å²) in [5.74, 6) is 0. The lowest BCUT2D eigenvalue weighted by atomic mass is 9.96. The van der Waals surface area contributed by atoms with Crippen LogP contribution in [0.4, 0.5) is 0 Å². The molecule has 1 rings (SSSR count). The second kappa shape index (κ2) is 1.91. The van der Waals surface area contributed by atoms with E-state index in [2.05, 4.69) is 33.4 Å². The van der Waals surface area contributed by atoms with E-state index in [0.29, 0.717) is 5.41 Å². The standard InChI is InChI=1S/C8H16S/c1-7(2,9)6-8(3)4-5-8/h9H,4-6H2,1-3H3. The van der Waals surface area contributed by atoms with Crippen molar-refractivity contribution in [2.45, 2.75) is 44.8 Å². The molecule has 0 spiro atoms. The van der Waals surface area contributed by atoms with Gasteiger partial charge in [-0.1, -0.05) is 20.8 Å². The summed E-state index contributed by atoms with van der Waals surface area (Å²) in [6, 6.07) is 0. The van der Waals surface area contributed by atoms with Gasteiger partial charge < -0.3 is 0 Å². The van der Waals surface area contributed by atoms with Gasteiger partial charge in [-0.3, -0.25) is 0 Å². The number of hydrogen-bond donors (Lipinski definition) is 1. The minimum absolute atomic E-state index is 0.241. The lowest BCUT2D eigenvalue weighted by Gasteiger charge is -2.21. The van der Waals surface area contributed by atoms with E-state index in [-0.39, 0.29) is 4.75 Å². The van der Waals surface area contributed by atoms with Crippen LogP contribution >= 0.6 is 12.6 Å². The summed E-state index contributed by atoms with van der Waals surface area (Å²) in [7, 11) is 0. The van der Waals surface area contributed by atoms with Crippen molar-refractivity contribution in [2.75, 3.05) is 0 Å². The molecule has 0 bridgehead atoms. The second-order valence-electron chi connectivity index (χ2n) is 4.30. The van der Waals surface area contributed by atoms with Crippen LogP contribution in [0.2, 0.25) is 0 Å². The first-order chi connectivity index (χ1) is 3.91. The van der Waals surface area contributed by atoms with Crippen LogP contribution in [0.15, 0.2) is 0 Å². The summed E-state index contributed by atoms with van der Waals surface area (Å²) in [6.45, 7) is 6.74. The van der Waals surface area contributed by atoms with Gasteiger partial charge in [0.05, 0.1) is 0 Å². The zero-order valence-electron chi connectivity index (χ0n) is 6.57. The lowest BCUT2D eigenvalue weighted by molar-refractivity contribution is 0.453. The molecule has 0 heterocycles. The molecular formula is C8H16S. The fraction of sp³-hybridized carbons (Fsp3) is 1.00. The Morgan fingerprint density at radius 3 is 2.00 bits per heavy atom. The summed E-state index contributed by atoms with van der Waals surface area (Å²) in [5.41, 5.74) is 0.658. The van der Waals surface area contributed by atoms with Crippen LogP contribution in [0.1, 0.15) is 40.0 Å². The average molecular weight is 144 g/mol. The van der Waals surface area contributed by atoms with Crippen LogP contribution in [-0.2, 0) is 0 Å². The van der Waals surface area contributed by atoms with Crippen molar-refractivity contribution in [3.8, 4) is 0 Å². The zero-order valence-corrected chi connectivity index (χ0v) is 7.46. The van der Waals surface area contributed by atoms with E-state index in [9.17, 15) is 0 Å². The second-order valence-corrected chi connectivity index (χ2v) is 5.51. The SMILES string of the molecule is CC(C)(S)CC1(C)CC1. The Morgan fingerprint density at radius 2 is 1.89 bits per heavy atom. The monoisotopic (exact) mass is 144 g/mol. The maximum atomic E-state index is 4.49. The smallest absolute Gasteiger partial charge is 0.00783 e. The molecule has 9 heavy (non-hydrogen) atoms. The molecular weight excluding hydrogens is 128 g/mol. The molecule has 0 aromatic heterocycles. The van der Waals surface area contributed by atoms with E-state index >= 15 is 0 Å². The molecule has 1 fully saturated rings.